The highest BCUT2D eigenvalue weighted by Gasteiger charge is 2.45. The van der Waals surface area contributed by atoms with Crippen LogP contribution < -0.4 is 10.5 Å². The molecule has 4 atom stereocenters. The van der Waals surface area contributed by atoms with Crippen molar-refractivity contribution < 1.29 is 24.1 Å². The molecule has 10 heteroatoms. The Morgan fingerprint density at radius 2 is 2.27 bits per heavy atom. The zero-order valence-corrected chi connectivity index (χ0v) is 11.8. The quantitative estimate of drug-likeness (QED) is 0.682. The Labute approximate surface area is 124 Å². The van der Waals surface area contributed by atoms with Crippen molar-refractivity contribution >= 4 is 17.1 Å². The molecule has 3 heterocycles. The van der Waals surface area contributed by atoms with Crippen LogP contribution in [0, 0.1) is 0 Å². The molecule has 22 heavy (non-hydrogen) atoms. The standard InChI is InChI=1S/C12H16FN5O4/c1-2-21-10-7-9(16-12(14)17-10)18(4-15-7)11-6(13)8(20)5(3-19)22-11/h4-6,8,11,19-20H,2-3H2,1H3,(H2,14,16,17)/t5-,6+,8-,11-/m1/s1. The van der Waals surface area contributed by atoms with Crippen molar-refractivity contribution in [2.24, 2.45) is 0 Å². The maximum absolute atomic E-state index is 14.2. The van der Waals surface area contributed by atoms with Gasteiger partial charge in [-0.25, -0.2) is 9.37 Å². The van der Waals surface area contributed by atoms with Gasteiger partial charge >= 0.3 is 0 Å². The van der Waals surface area contributed by atoms with Crippen molar-refractivity contribution in [2.75, 3.05) is 18.9 Å². The number of imidazole rings is 1. The molecule has 4 N–H and O–H groups in total. The van der Waals surface area contributed by atoms with Gasteiger partial charge in [0.25, 0.3) is 0 Å². The van der Waals surface area contributed by atoms with E-state index < -0.39 is 31.2 Å². The Bertz CT molecular complexity index is 681. The average Bonchev–Trinajstić information content (AvgIpc) is 3.02. The second-order valence-electron chi connectivity index (χ2n) is 4.83. The Morgan fingerprint density at radius 1 is 1.50 bits per heavy atom. The van der Waals surface area contributed by atoms with Crippen LogP contribution >= 0.6 is 0 Å². The summed E-state index contributed by atoms with van der Waals surface area (Å²) in [7, 11) is 0. The summed E-state index contributed by atoms with van der Waals surface area (Å²) >= 11 is 0. The minimum atomic E-state index is -1.73. The molecular weight excluding hydrogens is 297 g/mol. The average molecular weight is 313 g/mol. The molecular formula is C12H16FN5O4. The van der Waals surface area contributed by atoms with E-state index in [1.165, 1.54) is 10.9 Å². The van der Waals surface area contributed by atoms with Crippen LogP contribution in [0.5, 0.6) is 5.88 Å². The van der Waals surface area contributed by atoms with Crippen molar-refractivity contribution in [1.82, 2.24) is 19.5 Å². The first-order valence-corrected chi connectivity index (χ1v) is 6.78. The number of hydrogen-bond acceptors (Lipinski definition) is 8. The molecule has 1 fully saturated rings. The number of fused-ring (bicyclic) bond motifs is 1. The van der Waals surface area contributed by atoms with Gasteiger partial charge in [0.15, 0.2) is 23.6 Å². The maximum Gasteiger partial charge on any atom is 0.247 e. The van der Waals surface area contributed by atoms with E-state index in [4.69, 9.17) is 20.3 Å². The molecule has 120 valence electrons. The summed E-state index contributed by atoms with van der Waals surface area (Å²) in [6, 6.07) is 0. The van der Waals surface area contributed by atoms with Crippen molar-refractivity contribution in [3.05, 3.63) is 6.33 Å². The zero-order chi connectivity index (χ0) is 15.9. The summed E-state index contributed by atoms with van der Waals surface area (Å²) in [6.45, 7) is 1.64. The molecule has 9 nitrogen and oxygen atoms in total. The van der Waals surface area contributed by atoms with E-state index in [0.717, 1.165) is 0 Å². The van der Waals surface area contributed by atoms with E-state index >= 15 is 0 Å². The van der Waals surface area contributed by atoms with Crippen LogP contribution in [-0.4, -0.2) is 61.3 Å². The third-order valence-corrected chi connectivity index (χ3v) is 3.44. The van der Waals surface area contributed by atoms with E-state index in [-0.39, 0.29) is 17.5 Å². The van der Waals surface area contributed by atoms with Gasteiger partial charge in [-0.3, -0.25) is 4.57 Å². The fraction of sp³-hybridized carbons (Fsp3) is 0.583. The van der Waals surface area contributed by atoms with Gasteiger partial charge < -0.3 is 25.4 Å². The van der Waals surface area contributed by atoms with Gasteiger partial charge in [0, 0.05) is 0 Å². The van der Waals surface area contributed by atoms with E-state index in [1.54, 1.807) is 6.92 Å². The smallest absolute Gasteiger partial charge is 0.247 e. The van der Waals surface area contributed by atoms with Crippen molar-refractivity contribution in [2.45, 2.75) is 31.5 Å². The number of nitrogen functional groups attached to an aromatic ring is 1. The number of anilines is 1. The maximum atomic E-state index is 14.2. The molecule has 0 amide bonds. The van der Waals surface area contributed by atoms with Crippen LogP contribution in [0.4, 0.5) is 10.3 Å². The minimum absolute atomic E-state index is 0.0506. The van der Waals surface area contributed by atoms with Gasteiger partial charge in [0.1, 0.15) is 12.2 Å². The largest absolute Gasteiger partial charge is 0.476 e. The van der Waals surface area contributed by atoms with Gasteiger partial charge in [0.05, 0.1) is 19.5 Å². The predicted octanol–water partition coefficient (Wildman–Crippen LogP) is -0.604. The van der Waals surface area contributed by atoms with Gasteiger partial charge in [-0.15, -0.1) is 0 Å². The zero-order valence-electron chi connectivity index (χ0n) is 11.8. The Balaban J connectivity index is 2.05. The lowest BCUT2D eigenvalue weighted by Crippen LogP contribution is -2.30. The van der Waals surface area contributed by atoms with Gasteiger partial charge in [0.2, 0.25) is 11.8 Å². The summed E-state index contributed by atoms with van der Waals surface area (Å²) in [4.78, 5) is 12.1. The molecule has 0 aromatic carbocycles. The molecule has 3 rings (SSSR count). The molecule has 0 spiro atoms. The molecule has 2 aromatic heterocycles. The van der Waals surface area contributed by atoms with Gasteiger partial charge in [-0.1, -0.05) is 0 Å². The van der Waals surface area contributed by atoms with Gasteiger partial charge in [-0.2, -0.15) is 9.97 Å². The molecule has 1 aliphatic rings. The molecule has 0 bridgehead atoms. The second kappa shape index (κ2) is 5.63. The first-order valence-electron chi connectivity index (χ1n) is 6.78. The van der Waals surface area contributed by atoms with Crippen LogP contribution in [0.25, 0.3) is 11.2 Å². The highest BCUT2D eigenvalue weighted by Crippen LogP contribution is 2.34. The fourth-order valence-electron chi connectivity index (χ4n) is 2.41. The van der Waals surface area contributed by atoms with Crippen LogP contribution in [0.1, 0.15) is 13.2 Å². The van der Waals surface area contributed by atoms with Crippen LogP contribution in [0.3, 0.4) is 0 Å². The third-order valence-electron chi connectivity index (χ3n) is 3.44. The van der Waals surface area contributed by atoms with E-state index in [1.807, 2.05) is 0 Å². The molecule has 1 aliphatic heterocycles. The van der Waals surface area contributed by atoms with Crippen molar-refractivity contribution in [3.63, 3.8) is 0 Å². The summed E-state index contributed by atoms with van der Waals surface area (Å²) in [5.41, 5.74) is 6.17. The molecule has 1 saturated heterocycles. The highest BCUT2D eigenvalue weighted by atomic mass is 19.1. The number of nitrogens with zero attached hydrogens (tertiary/aromatic N) is 4. The van der Waals surface area contributed by atoms with Crippen molar-refractivity contribution in [3.8, 4) is 5.88 Å². The summed E-state index contributed by atoms with van der Waals surface area (Å²) in [6.07, 6.45) is -4.03. The number of alkyl halides is 1. The number of aromatic nitrogens is 4. The molecule has 2 aromatic rings. The van der Waals surface area contributed by atoms with E-state index in [0.29, 0.717) is 12.1 Å². The summed E-state index contributed by atoms with van der Waals surface area (Å²) in [5.74, 6) is 0.141. The Kier molecular flexibility index (Phi) is 3.81. The number of aliphatic hydroxyl groups excluding tert-OH is 2. The normalized spacial score (nSPS) is 28.4. The highest BCUT2D eigenvalue weighted by molar-refractivity contribution is 5.77. The molecule has 0 aliphatic carbocycles. The van der Waals surface area contributed by atoms with Crippen LogP contribution in [0.2, 0.25) is 0 Å². The number of aliphatic hydroxyl groups is 2. The van der Waals surface area contributed by atoms with E-state index in [2.05, 4.69) is 15.0 Å². The number of halogens is 1. The molecule has 0 unspecified atom stereocenters. The number of nitrogens with two attached hydrogens (primary N) is 1. The first kappa shape index (κ1) is 14.9. The molecule has 0 saturated carbocycles. The number of hydrogen-bond donors (Lipinski definition) is 3. The first-order chi connectivity index (χ1) is 10.6. The SMILES string of the molecule is CCOc1nc(N)nc2c1ncn2[C@@H]1O[C@H](CO)[C@@H](O)[C@@H]1F. The lowest BCUT2D eigenvalue weighted by molar-refractivity contribution is -0.0459. The Hall–Kier alpha value is -2.04. The Morgan fingerprint density at radius 3 is 2.91 bits per heavy atom. The number of rotatable bonds is 4. The van der Waals surface area contributed by atoms with Crippen LogP contribution in [0.15, 0.2) is 6.33 Å². The minimum Gasteiger partial charge on any atom is -0.476 e. The summed E-state index contributed by atoms with van der Waals surface area (Å²) < 4.78 is 26.2. The van der Waals surface area contributed by atoms with Crippen molar-refractivity contribution in [1.29, 1.82) is 0 Å². The number of ether oxygens (including phenoxy) is 2. The fourth-order valence-corrected chi connectivity index (χ4v) is 2.41. The second-order valence-corrected chi connectivity index (χ2v) is 4.83. The lowest BCUT2D eigenvalue weighted by Gasteiger charge is -2.15. The monoisotopic (exact) mass is 313 g/mol. The predicted molar refractivity (Wildman–Crippen MR) is 72.8 cm³/mol. The van der Waals surface area contributed by atoms with Gasteiger partial charge in [-0.05, 0) is 6.92 Å². The summed E-state index contributed by atoms with van der Waals surface area (Å²) in [5, 5.41) is 18.8. The third kappa shape index (κ3) is 2.25. The molecule has 0 radical (unpaired) electrons. The van der Waals surface area contributed by atoms with Crippen LogP contribution in [-0.2, 0) is 4.74 Å². The van der Waals surface area contributed by atoms with E-state index in [9.17, 15) is 9.50 Å². The topological polar surface area (TPSA) is 129 Å². The lowest BCUT2D eigenvalue weighted by atomic mass is 10.1.